The largest absolute Gasteiger partial charge is 0.400 e. The van der Waals surface area contributed by atoms with Gasteiger partial charge >= 0.3 is 8.60 Å². The summed E-state index contributed by atoms with van der Waals surface area (Å²) in [6.45, 7) is 4.03. The zero-order valence-corrected chi connectivity index (χ0v) is 32.4. The van der Waals surface area contributed by atoms with Crippen LogP contribution in [0.25, 0.3) is 5.52 Å². The highest BCUT2D eigenvalue weighted by Crippen LogP contribution is 2.43. The quantitative estimate of drug-likeness (QED) is 0.0484. The number of aliphatic hydroxyl groups excluding tert-OH is 2. The molecule has 1 aliphatic heterocycles. The molecule has 3 aromatic rings. The second-order valence-electron chi connectivity index (χ2n) is 13.0. The number of aliphatic hydroxyl groups is 2. The standard InChI is InChI=1S/C31H52N5O5P.C7H8O.CH4O/c1-2-3-4-5-6-7-8-9-10-11-12-13-14-15-21-38-22-16-23-39-42(37)40-25-31(24-32)20-19-29(41-31)27-17-18-28-30(33)34-26-35-36(27)28;8-6-7-4-2-1-3-5-7;1-2/h17-18,26,29,37H,2-16,19-23,25H2,1H3,(H2,33,34,35);1-5,8H,6H2;2H,1H3. The molecule has 1 saturated heterocycles. The molecule has 0 saturated carbocycles. The van der Waals surface area contributed by atoms with Gasteiger partial charge in [0.15, 0.2) is 11.4 Å². The van der Waals surface area contributed by atoms with E-state index in [2.05, 4.69) is 23.1 Å². The lowest BCUT2D eigenvalue weighted by Crippen LogP contribution is -2.31. The first kappa shape index (κ1) is 45.4. The zero-order valence-electron chi connectivity index (χ0n) is 31.5. The number of benzene rings is 1. The SMILES string of the molecule is CCCCCCCCCCCCCCCCOCCCOP(O)OCC1(C#N)CCC(c2ccc3c(N)ncnn23)O1.CO.OCc1ccccc1. The molecule has 0 radical (unpaired) electrons. The molecule has 292 valence electrons. The number of nitrogens with zero attached hydrogens (tertiary/aromatic N) is 4. The first-order valence-electron chi connectivity index (χ1n) is 19.1. The van der Waals surface area contributed by atoms with Crippen LogP contribution in [0.15, 0.2) is 48.8 Å². The van der Waals surface area contributed by atoms with Crippen molar-refractivity contribution in [3.8, 4) is 6.07 Å². The van der Waals surface area contributed by atoms with Crippen LogP contribution in [0.5, 0.6) is 0 Å². The maximum atomic E-state index is 10.2. The number of aromatic nitrogens is 3. The number of fused-ring (bicyclic) bond motifs is 1. The van der Waals surface area contributed by atoms with E-state index in [0.717, 1.165) is 31.4 Å². The van der Waals surface area contributed by atoms with Crippen molar-refractivity contribution < 1.29 is 33.6 Å². The zero-order chi connectivity index (χ0) is 37.7. The molecule has 0 aliphatic carbocycles. The summed E-state index contributed by atoms with van der Waals surface area (Å²) in [7, 11) is -1.10. The summed E-state index contributed by atoms with van der Waals surface area (Å²) in [5, 5.41) is 29.6. The van der Waals surface area contributed by atoms with E-state index in [0.29, 0.717) is 43.8 Å². The fourth-order valence-electron chi connectivity index (χ4n) is 5.98. The van der Waals surface area contributed by atoms with E-state index >= 15 is 0 Å². The van der Waals surface area contributed by atoms with Crippen LogP contribution in [0.1, 0.15) is 133 Å². The number of rotatable bonds is 25. The van der Waals surface area contributed by atoms with Crippen molar-refractivity contribution in [3.63, 3.8) is 0 Å². The van der Waals surface area contributed by atoms with Crippen LogP contribution in [-0.4, -0.2) is 68.8 Å². The Kier molecular flexibility index (Phi) is 25.1. The average Bonchev–Trinajstić information content (AvgIpc) is 3.82. The Morgan fingerprint density at radius 3 is 2.10 bits per heavy atom. The Balaban J connectivity index is 0.000000813. The lowest BCUT2D eigenvalue weighted by Gasteiger charge is -2.22. The second-order valence-corrected chi connectivity index (χ2v) is 14.0. The van der Waals surface area contributed by atoms with Gasteiger partial charge in [-0.1, -0.05) is 121 Å². The van der Waals surface area contributed by atoms with Crippen molar-refractivity contribution in [2.75, 3.05) is 39.3 Å². The summed E-state index contributed by atoms with van der Waals surface area (Å²) >= 11 is 0. The van der Waals surface area contributed by atoms with Crippen molar-refractivity contribution >= 4 is 19.9 Å². The first-order valence-corrected chi connectivity index (χ1v) is 20.2. The third-order valence-electron chi connectivity index (χ3n) is 8.93. The Hall–Kier alpha value is -2.72. The summed E-state index contributed by atoms with van der Waals surface area (Å²) in [5.41, 5.74) is 7.22. The van der Waals surface area contributed by atoms with Gasteiger partial charge in [-0.25, -0.2) is 9.50 Å². The van der Waals surface area contributed by atoms with E-state index in [1.807, 2.05) is 42.5 Å². The van der Waals surface area contributed by atoms with Gasteiger partial charge in [-0.2, -0.15) is 10.4 Å². The number of nitriles is 1. The van der Waals surface area contributed by atoms with Crippen LogP contribution in [0.3, 0.4) is 0 Å². The third kappa shape index (κ3) is 17.9. The average molecular weight is 746 g/mol. The van der Waals surface area contributed by atoms with Gasteiger partial charge in [0.2, 0.25) is 0 Å². The fourth-order valence-corrected chi connectivity index (χ4v) is 6.66. The Morgan fingerprint density at radius 1 is 0.885 bits per heavy atom. The summed E-state index contributed by atoms with van der Waals surface area (Å²) in [6, 6.07) is 15.5. The van der Waals surface area contributed by atoms with E-state index in [-0.39, 0.29) is 19.3 Å². The lowest BCUT2D eigenvalue weighted by atomic mass is 10.0. The minimum Gasteiger partial charge on any atom is -0.400 e. The molecule has 3 atom stereocenters. The van der Waals surface area contributed by atoms with Crippen LogP contribution in [-0.2, 0) is 25.1 Å². The number of anilines is 1. The molecule has 1 aliphatic rings. The molecule has 2 aromatic heterocycles. The fraction of sp³-hybridized carbons (Fsp3) is 0.667. The van der Waals surface area contributed by atoms with Gasteiger partial charge in [-0.3, -0.25) is 0 Å². The highest BCUT2D eigenvalue weighted by molar-refractivity contribution is 7.40. The Labute approximate surface area is 312 Å². The van der Waals surface area contributed by atoms with Crippen molar-refractivity contribution in [2.24, 2.45) is 0 Å². The maximum absolute atomic E-state index is 10.2. The summed E-state index contributed by atoms with van der Waals surface area (Å²) in [5.74, 6) is 0.382. The normalized spacial score (nSPS) is 17.2. The molecule has 0 spiro atoms. The molecule has 4 rings (SSSR count). The second kappa shape index (κ2) is 28.7. The van der Waals surface area contributed by atoms with Gasteiger partial charge in [-0.15, -0.1) is 0 Å². The predicted octanol–water partition coefficient (Wildman–Crippen LogP) is 8.35. The Bertz CT molecular complexity index is 1350. The Morgan fingerprint density at radius 2 is 1.50 bits per heavy atom. The number of nitrogens with two attached hydrogens (primary N) is 1. The van der Waals surface area contributed by atoms with Gasteiger partial charge in [-0.05, 0) is 43.4 Å². The van der Waals surface area contributed by atoms with E-state index < -0.39 is 14.2 Å². The molecule has 0 amide bonds. The van der Waals surface area contributed by atoms with Crippen molar-refractivity contribution in [1.29, 1.82) is 5.26 Å². The minimum atomic E-state index is -2.10. The number of nitrogen functional groups attached to an aromatic ring is 1. The van der Waals surface area contributed by atoms with Crippen molar-refractivity contribution in [2.45, 2.75) is 134 Å². The summed E-state index contributed by atoms with van der Waals surface area (Å²) < 4.78 is 24.4. The van der Waals surface area contributed by atoms with Crippen LogP contribution >= 0.6 is 8.60 Å². The molecule has 3 heterocycles. The molecule has 13 heteroatoms. The van der Waals surface area contributed by atoms with Crippen LogP contribution in [0.2, 0.25) is 0 Å². The van der Waals surface area contributed by atoms with Crippen molar-refractivity contribution in [3.05, 3.63) is 60.0 Å². The van der Waals surface area contributed by atoms with Gasteiger partial charge in [0.1, 0.15) is 24.0 Å². The van der Waals surface area contributed by atoms with E-state index in [9.17, 15) is 10.2 Å². The van der Waals surface area contributed by atoms with Gasteiger partial charge < -0.3 is 39.4 Å². The van der Waals surface area contributed by atoms with Crippen LogP contribution in [0.4, 0.5) is 5.82 Å². The number of unbranched alkanes of at least 4 members (excludes halogenated alkanes) is 13. The molecule has 5 N–H and O–H groups in total. The highest BCUT2D eigenvalue weighted by atomic mass is 31.2. The van der Waals surface area contributed by atoms with Gasteiger partial charge in [0.25, 0.3) is 0 Å². The summed E-state index contributed by atoms with van der Waals surface area (Å²) in [4.78, 5) is 14.2. The smallest absolute Gasteiger partial charge is 0.329 e. The summed E-state index contributed by atoms with van der Waals surface area (Å²) in [6.07, 6.45) is 21.7. The van der Waals surface area contributed by atoms with Crippen molar-refractivity contribution in [1.82, 2.24) is 14.6 Å². The topological polar surface area (TPSA) is 178 Å². The number of hydrogen-bond acceptors (Lipinski definition) is 11. The minimum absolute atomic E-state index is 0.0712. The first-order chi connectivity index (χ1) is 25.5. The van der Waals surface area contributed by atoms with Gasteiger partial charge in [0, 0.05) is 20.3 Å². The lowest BCUT2D eigenvalue weighted by molar-refractivity contribution is -0.0359. The molecule has 1 fully saturated rings. The highest BCUT2D eigenvalue weighted by Gasteiger charge is 2.43. The van der Waals surface area contributed by atoms with E-state index in [1.54, 1.807) is 4.52 Å². The van der Waals surface area contributed by atoms with E-state index in [4.69, 9.17) is 34.5 Å². The predicted molar refractivity (Wildman–Crippen MR) is 206 cm³/mol. The van der Waals surface area contributed by atoms with Gasteiger partial charge in [0.05, 0.1) is 25.5 Å². The molecule has 0 bridgehead atoms. The van der Waals surface area contributed by atoms with Crippen LogP contribution in [0, 0.1) is 11.3 Å². The third-order valence-corrected chi connectivity index (χ3v) is 9.69. The molecular formula is C39H64N5O7P. The molecule has 52 heavy (non-hydrogen) atoms. The molecule has 12 nitrogen and oxygen atoms in total. The molecule has 1 aromatic carbocycles. The molecule has 3 unspecified atom stereocenters. The van der Waals surface area contributed by atoms with Crippen LogP contribution < -0.4 is 5.73 Å². The monoisotopic (exact) mass is 745 g/mol. The molecular weight excluding hydrogens is 681 g/mol. The maximum Gasteiger partial charge on any atom is 0.329 e. The number of hydrogen-bond donors (Lipinski definition) is 4. The van der Waals surface area contributed by atoms with E-state index in [1.165, 1.54) is 89.8 Å². The number of ether oxygens (including phenoxy) is 2.